The first-order valence-corrected chi connectivity index (χ1v) is 5.62. The predicted octanol–water partition coefficient (Wildman–Crippen LogP) is -1.78. The SMILES string of the molecule is CNCCN(C)C(=O)Cn1ccc(=O)n(C)c1=O. The fourth-order valence-corrected chi connectivity index (χ4v) is 1.41. The van der Waals surface area contributed by atoms with Gasteiger partial charge in [0.25, 0.3) is 5.56 Å². The third-order valence-electron chi connectivity index (χ3n) is 2.69. The molecule has 0 bridgehead atoms. The summed E-state index contributed by atoms with van der Waals surface area (Å²) in [5.74, 6) is -0.175. The van der Waals surface area contributed by atoms with Gasteiger partial charge in [-0.25, -0.2) is 4.79 Å². The summed E-state index contributed by atoms with van der Waals surface area (Å²) in [6, 6.07) is 1.27. The van der Waals surface area contributed by atoms with Crippen LogP contribution >= 0.6 is 0 Å². The lowest BCUT2D eigenvalue weighted by Crippen LogP contribution is -2.41. The van der Waals surface area contributed by atoms with E-state index in [2.05, 4.69) is 5.32 Å². The molecule has 0 saturated heterocycles. The number of hydrogen-bond donors (Lipinski definition) is 1. The van der Waals surface area contributed by atoms with Crippen molar-refractivity contribution in [3.63, 3.8) is 0 Å². The topological polar surface area (TPSA) is 76.3 Å². The molecule has 1 aromatic rings. The molecular weight excluding hydrogens is 236 g/mol. The van der Waals surface area contributed by atoms with Gasteiger partial charge in [-0.1, -0.05) is 0 Å². The minimum atomic E-state index is -0.488. The maximum absolute atomic E-state index is 11.8. The number of hydrogen-bond acceptors (Lipinski definition) is 4. The molecule has 100 valence electrons. The minimum absolute atomic E-state index is 0.0623. The Labute approximate surface area is 105 Å². The molecule has 7 nitrogen and oxygen atoms in total. The first-order chi connectivity index (χ1) is 8.47. The Morgan fingerprint density at radius 2 is 2.11 bits per heavy atom. The lowest BCUT2D eigenvalue weighted by atomic mass is 10.4. The molecule has 1 rings (SSSR count). The van der Waals surface area contributed by atoms with E-state index < -0.39 is 5.69 Å². The maximum atomic E-state index is 11.8. The van der Waals surface area contributed by atoms with Crippen molar-refractivity contribution in [3.05, 3.63) is 33.1 Å². The average Bonchev–Trinajstić information content (AvgIpc) is 2.36. The third-order valence-corrected chi connectivity index (χ3v) is 2.69. The number of aromatic nitrogens is 2. The van der Waals surface area contributed by atoms with Crippen molar-refractivity contribution in [1.29, 1.82) is 0 Å². The van der Waals surface area contributed by atoms with E-state index in [1.165, 1.54) is 28.8 Å². The highest BCUT2D eigenvalue weighted by atomic mass is 16.2. The Bertz CT molecular complexity index is 532. The van der Waals surface area contributed by atoms with E-state index in [4.69, 9.17) is 0 Å². The van der Waals surface area contributed by atoms with Gasteiger partial charge in [-0.15, -0.1) is 0 Å². The number of nitrogens with one attached hydrogen (secondary N) is 1. The zero-order valence-electron chi connectivity index (χ0n) is 10.8. The zero-order valence-corrected chi connectivity index (χ0v) is 10.8. The van der Waals surface area contributed by atoms with Crippen LogP contribution in [-0.2, 0) is 18.4 Å². The van der Waals surface area contributed by atoms with Gasteiger partial charge >= 0.3 is 5.69 Å². The van der Waals surface area contributed by atoms with E-state index in [0.717, 1.165) is 4.57 Å². The van der Waals surface area contributed by atoms with E-state index in [-0.39, 0.29) is 18.0 Å². The largest absolute Gasteiger partial charge is 0.343 e. The normalized spacial score (nSPS) is 10.4. The molecule has 0 atom stereocenters. The molecule has 0 fully saturated rings. The number of rotatable bonds is 5. The van der Waals surface area contributed by atoms with Gasteiger partial charge in [0.15, 0.2) is 0 Å². The van der Waals surface area contributed by atoms with Crippen LogP contribution in [0.3, 0.4) is 0 Å². The summed E-state index contributed by atoms with van der Waals surface area (Å²) in [6.07, 6.45) is 1.34. The fourth-order valence-electron chi connectivity index (χ4n) is 1.41. The highest BCUT2D eigenvalue weighted by Crippen LogP contribution is 1.88. The van der Waals surface area contributed by atoms with E-state index in [9.17, 15) is 14.4 Å². The minimum Gasteiger partial charge on any atom is -0.343 e. The van der Waals surface area contributed by atoms with Crippen LogP contribution in [0.1, 0.15) is 0 Å². The summed E-state index contributed by atoms with van der Waals surface area (Å²) in [6.45, 7) is 1.19. The summed E-state index contributed by atoms with van der Waals surface area (Å²) in [5, 5.41) is 2.94. The summed E-state index contributed by atoms with van der Waals surface area (Å²) in [5.41, 5.74) is -0.870. The van der Waals surface area contributed by atoms with Crippen molar-refractivity contribution >= 4 is 5.91 Å². The van der Waals surface area contributed by atoms with Crippen molar-refractivity contribution in [3.8, 4) is 0 Å². The molecule has 7 heteroatoms. The van der Waals surface area contributed by atoms with Gasteiger partial charge in [-0.05, 0) is 7.05 Å². The van der Waals surface area contributed by atoms with Gasteiger partial charge in [0.05, 0.1) is 0 Å². The Balaban J connectivity index is 2.80. The zero-order chi connectivity index (χ0) is 13.7. The van der Waals surface area contributed by atoms with Crippen molar-refractivity contribution < 1.29 is 4.79 Å². The van der Waals surface area contributed by atoms with E-state index >= 15 is 0 Å². The van der Waals surface area contributed by atoms with Crippen molar-refractivity contribution in [1.82, 2.24) is 19.4 Å². The smallest absolute Gasteiger partial charge is 0.331 e. The Morgan fingerprint density at radius 3 is 2.72 bits per heavy atom. The molecule has 0 aliphatic rings. The fraction of sp³-hybridized carbons (Fsp3) is 0.545. The van der Waals surface area contributed by atoms with E-state index in [1.54, 1.807) is 14.1 Å². The number of carbonyl (C=O) groups excluding carboxylic acids is 1. The Kier molecular flexibility index (Phi) is 4.85. The number of nitrogens with zero attached hydrogens (tertiary/aromatic N) is 3. The average molecular weight is 254 g/mol. The molecule has 18 heavy (non-hydrogen) atoms. The summed E-state index contributed by atoms with van der Waals surface area (Å²) in [4.78, 5) is 36.3. The number of amides is 1. The second-order valence-electron chi connectivity index (χ2n) is 4.04. The maximum Gasteiger partial charge on any atom is 0.331 e. The van der Waals surface area contributed by atoms with Crippen LogP contribution in [0.25, 0.3) is 0 Å². The molecule has 1 N–H and O–H groups in total. The van der Waals surface area contributed by atoms with Crippen molar-refractivity contribution in [2.45, 2.75) is 6.54 Å². The second-order valence-corrected chi connectivity index (χ2v) is 4.04. The van der Waals surface area contributed by atoms with Crippen molar-refractivity contribution in [2.75, 3.05) is 27.2 Å². The summed E-state index contributed by atoms with van der Waals surface area (Å²) >= 11 is 0. The highest BCUT2D eigenvalue weighted by Gasteiger charge is 2.10. The monoisotopic (exact) mass is 254 g/mol. The molecule has 1 aromatic heterocycles. The molecule has 0 radical (unpaired) electrons. The molecule has 0 saturated carbocycles. The van der Waals surface area contributed by atoms with Crippen LogP contribution in [0.15, 0.2) is 21.9 Å². The van der Waals surface area contributed by atoms with Gasteiger partial charge in [0, 0.05) is 39.4 Å². The summed E-state index contributed by atoms with van der Waals surface area (Å²) in [7, 11) is 4.86. The van der Waals surface area contributed by atoms with Gasteiger partial charge in [-0.3, -0.25) is 18.7 Å². The second kappa shape index (κ2) is 6.15. The molecule has 0 spiro atoms. The first kappa shape index (κ1) is 14.2. The van der Waals surface area contributed by atoms with Crippen LogP contribution in [0.5, 0.6) is 0 Å². The van der Waals surface area contributed by atoms with Gasteiger partial charge in [0.1, 0.15) is 6.54 Å². The number of likely N-dealkylation sites (N-methyl/N-ethyl adjacent to an activating group) is 2. The molecule has 1 heterocycles. The quantitative estimate of drug-likeness (QED) is 0.674. The molecule has 1 amide bonds. The molecule has 0 aromatic carbocycles. The molecule has 0 aliphatic heterocycles. The van der Waals surface area contributed by atoms with E-state index in [1.807, 2.05) is 0 Å². The lowest BCUT2D eigenvalue weighted by Gasteiger charge is -2.17. The van der Waals surface area contributed by atoms with Gasteiger partial charge in [0.2, 0.25) is 5.91 Å². The third kappa shape index (κ3) is 3.30. The van der Waals surface area contributed by atoms with Crippen LogP contribution in [0, 0.1) is 0 Å². The molecule has 0 aliphatic carbocycles. The number of carbonyl (C=O) groups is 1. The van der Waals surface area contributed by atoms with Gasteiger partial charge in [-0.2, -0.15) is 0 Å². The predicted molar refractivity (Wildman–Crippen MR) is 67.5 cm³/mol. The Morgan fingerprint density at radius 1 is 1.44 bits per heavy atom. The van der Waals surface area contributed by atoms with Crippen LogP contribution in [-0.4, -0.2) is 47.1 Å². The van der Waals surface area contributed by atoms with Crippen LogP contribution in [0.4, 0.5) is 0 Å². The Hall–Kier alpha value is -1.89. The van der Waals surface area contributed by atoms with Gasteiger partial charge < -0.3 is 10.2 Å². The lowest BCUT2D eigenvalue weighted by molar-refractivity contribution is -0.130. The molecular formula is C11H18N4O3. The van der Waals surface area contributed by atoms with Crippen LogP contribution in [0.2, 0.25) is 0 Å². The standard InChI is InChI=1S/C11H18N4O3/c1-12-5-7-13(2)10(17)8-15-6-4-9(16)14(3)11(15)18/h4,6,12H,5,7-8H2,1-3H3. The van der Waals surface area contributed by atoms with E-state index in [0.29, 0.717) is 13.1 Å². The summed E-state index contributed by atoms with van der Waals surface area (Å²) < 4.78 is 2.19. The first-order valence-electron chi connectivity index (χ1n) is 5.62. The van der Waals surface area contributed by atoms with Crippen LogP contribution < -0.4 is 16.6 Å². The highest BCUT2D eigenvalue weighted by molar-refractivity contribution is 5.75. The van der Waals surface area contributed by atoms with Crippen molar-refractivity contribution in [2.24, 2.45) is 7.05 Å². The molecule has 0 unspecified atom stereocenters.